The molecule has 2 aromatic heterocycles. The second-order valence-corrected chi connectivity index (χ2v) is 10.0. The molecule has 1 aliphatic heterocycles. The molecular formula is C29H36N8. The highest BCUT2D eigenvalue weighted by Crippen LogP contribution is 2.32. The number of aromatic nitrogens is 4. The number of benzene rings is 2. The third kappa shape index (κ3) is 5.98. The first-order valence-electron chi connectivity index (χ1n) is 12.9. The summed E-state index contributed by atoms with van der Waals surface area (Å²) in [6.45, 7) is 8.11. The molecule has 0 radical (unpaired) electrons. The Balaban J connectivity index is 1.38. The van der Waals surface area contributed by atoms with Crippen LogP contribution in [0.3, 0.4) is 0 Å². The van der Waals surface area contributed by atoms with Gasteiger partial charge < -0.3 is 20.0 Å². The van der Waals surface area contributed by atoms with Crippen LogP contribution in [0.4, 0.5) is 17.3 Å². The Hall–Kier alpha value is -3.75. The summed E-state index contributed by atoms with van der Waals surface area (Å²) < 4.78 is 2.08. The minimum absolute atomic E-state index is 0.570. The minimum atomic E-state index is 0.570. The molecule has 4 aromatic rings. The van der Waals surface area contributed by atoms with Crippen LogP contribution in [-0.4, -0.2) is 83.4 Å². The zero-order valence-electron chi connectivity index (χ0n) is 22.2. The topological polar surface area (TPSA) is 65.4 Å². The first-order chi connectivity index (χ1) is 18.0. The van der Waals surface area contributed by atoms with Gasteiger partial charge in [-0.25, -0.2) is 9.97 Å². The molecule has 1 aliphatic rings. The number of rotatable bonds is 8. The number of hydrogen-bond acceptors (Lipinski definition) is 7. The molecule has 1 N–H and O–H groups in total. The van der Waals surface area contributed by atoms with Crippen molar-refractivity contribution >= 4 is 17.3 Å². The van der Waals surface area contributed by atoms with Gasteiger partial charge in [-0.15, -0.1) is 0 Å². The normalized spacial score (nSPS) is 14.4. The lowest BCUT2D eigenvalue weighted by Gasteiger charge is -2.34. The summed E-state index contributed by atoms with van der Waals surface area (Å²) in [6, 6.07) is 19.1. The Morgan fingerprint density at radius 3 is 2.35 bits per heavy atom. The maximum Gasteiger partial charge on any atom is 0.227 e. The van der Waals surface area contributed by atoms with Crippen LogP contribution in [-0.2, 0) is 6.54 Å². The van der Waals surface area contributed by atoms with Crippen LogP contribution in [0.1, 0.15) is 5.56 Å². The molecule has 2 aromatic carbocycles. The summed E-state index contributed by atoms with van der Waals surface area (Å²) >= 11 is 0. The van der Waals surface area contributed by atoms with Crippen LogP contribution in [0.2, 0.25) is 0 Å². The molecule has 0 bridgehead atoms. The molecule has 8 heteroatoms. The highest BCUT2D eigenvalue weighted by Gasteiger charge is 2.17. The summed E-state index contributed by atoms with van der Waals surface area (Å²) in [5.74, 6) is 0.570. The zero-order valence-corrected chi connectivity index (χ0v) is 22.2. The predicted molar refractivity (Wildman–Crippen MR) is 151 cm³/mol. The molecule has 0 unspecified atom stereocenters. The van der Waals surface area contributed by atoms with Crippen molar-refractivity contribution in [3.05, 3.63) is 72.6 Å². The average molecular weight is 497 g/mol. The highest BCUT2D eigenvalue weighted by molar-refractivity contribution is 5.79. The summed E-state index contributed by atoms with van der Waals surface area (Å²) in [5, 5.41) is 8.12. The van der Waals surface area contributed by atoms with Gasteiger partial charge in [-0.2, -0.15) is 5.10 Å². The first kappa shape index (κ1) is 24.9. The van der Waals surface area contributed by atoms with E-state index in [0.717, 1.165) is 67.5 Å². The Kier molecular flexibility index (Phi) is 7.48. The van der Waals surface area contributed by atoms with Gasteiger partial charge in [-0.05, 0) is 58.4 Å². The molecule has 192 valence electrons. The standard InChI is InChI=1S/C29H36N8/c1-22-5-7-23(8-6-22)28-26(21-31-37(28)20-15-34(2)3)27-13-14-30-29(33-27)32-24-9-11-25(12-10-24)36-18-16-35(4)17-19-36/h5-14,21H,15-20H2,1-4H3,(H,30,32,33). The van der Waals surface area contributed by atoms with E-state index in [4.69, 9.17) is 10.1 Å². The van der Waals surface area contributed by atoms with E-state index < -0.39 is 0 Å². The van der Waals surface area contributed by atoms with Crippen LogP contribution in [0.5, 0.6) is 0 Å². The second kappa shape index (κ2) is 11.1. The van der Waals surface area contributed by atoms with E-state index >= 15 is 0 Å². The summed E-state index contributed by atoms with van der Waals surface area (Å²) in [5.41, 5.74) is 7.50. The molecule has 5 rings (SSSR count). The number of likely N-dealkylation sites (N-methyl/N-ethyl adjacent to an activating group) is 2. The van der Waals surface area contributed by atoms with E-state index in [-0.39, 0.29) is 0 Å². The summed E-state index contributed by atoms with van der Waals surface area (Å²) in [7, 11) is 6.34. The molecule has 1 saturated heterocycles. The van der Waals surface area contributed by atoms with Crippen LogP contribution in [0.25, 0.3) is 22.5 Å². The lowest BCUT2D eigenvalue weighted by Crippen LogP contribution is -2.44. The van der Waals surface area contributed by atoms with Crippen LogP contribution >= 0.6 is 0 Å². The third-order valence-corrected chi connectivity index (χ3v) is 6.85. The fourth-order valence-electron chi connectivity index (χ4n) is 4.57. The largest absolute Gasteiger partial charge is 0.369 e. The van der Waals surface area contributed by atoms with E-state index in [1.165, 1.54) is 11.3 Å². The Morgan fingerprint density at radius 2 is 1.65 bits per heavy atom. The summed E-state index contributed by atoms with van der Waals surface area (Å²) in [6.07, 6.45) is 3.72. The zero-order chi connectivity index (χ0) is 25.8. The van der Waals surface area contributed by atoms with Gasteiger partial charge in [-0.3, -0.25) is 4.68 Å². The fraction of sp³-hybridized carbons (Fsp3) is 0.345. The number of anilines is 3. The molecule has 0 atom stereocenters. The predicted octanol–water partition coefficient (Wildman–Crippen LogP) is 4.37. The van der Waals surface area contributed by atoms with Crippen molar-refractivity contribution in [2.24, 2.45) is 0 Å². The van der Waals surface area contributed by atoms with Crippen molar-refractivity contribution in [3.63, 3.8) is 0 Å². The van der Waals surface area contributed by atoms with Gasteiger partial charge in [0.2, 0.25) is 5.95 Å². The molecular weight excluding hydrogens is 460 g/mol. The van der Waals surface area contributed by atoms with E-state index in [1.54, 1.807) is 6.20 Å². The molecule has 3 heterocycles. The van der Waals surface area contributed by atoms with Crippen molar-refractivity contribution in [2.45, 2.75) is 13.5 Å². The smallest absolute Gasteiger partial charge is 0.227 e. The minimum Gasteiger partial charge on any atom is -0.369 e. The van der Waals surface area contributed by atoms with Gasteiger partial charge in [0.05, 0.1) is 24.1 Å². The molecule has 8 nitrogen and oxygen atoms in total. The number of nitrogens with zero attached hydrogens (tertiary/aromatic N) is 7. The number of hydrogen-bond donors (Lipinski definition) is 1. The Bertz CT molecular complexity index is 1300. The first-order valence-corrected chi connectivity index (χ1v) is 12.9. The van der Waals surface area contributed by atoms with Crippen molar-refractivity contribution in [3.8, 4) is 22.5 Å². The highest BCUT2D eigenvalue weighted by atomic mass is 15.3. The molecule has 0 amide bonds. The van der Waals surface area contributed by atoms with Gasteiger partial charge in [-0.1, -0.05) is 29.8 Å². The lowest BCUT2D eigenvalue weighted by molar-refractivity contribution is 0.313. The molecule has 0 spiro atoms. The van der Waals surface area contributed by atoms with Crippen molar-refractivity contribution in [1.29, 1.82) is 0 Å². The van der Waals surface area contributed by atoms with Gasteiger partial charge >= 0.3 is 0 Å². The van der Waals surface area contributed by atoms with E-state index in [0.29, 0.717) is 5.95 Å². The van der Waals surface area contributed by atoms with Crippen molar-refractivity contribution in [1.82, 2.24) is 29.5 Å². The number of nitrogens with one attached hydrogen (secondary N) is 1. The Morgan fingerprint density at radius 1 is 0.919 bits per heavy atom. The third-order valence-electron chi connectivity index (χ3n) is 6.85. The van der Waals surface area contributed by atoms with E-state index in [1.807, 2.05) is 12.3 Å². The van der Waals surface area contributed by atoms with Gasteiger partial charge in [0.25, 0.3) is 0 Å². The van der Waals surface area contributed by atoms with Gasteiger partial charge in [0, 0.05) is 61.4 Å². The van der Waals surface area contributed by atoms with Crippen LogP contribution in [0, 0.1) is 6.92 Å². The van der Waals surface area contributed by atoms with Crippen molar-refractivity contribution < 1.29 is 0 Å². The quantitative estimate of drug-likeness (QED) is 0.389. The van der Waals surface area contributed by atoms with Gasteiger partial charge in [0.1, 0.15) is 0 Å². The molecule has 0 aliphatic carbocycles. The number of aryl methyl sites for hydroxylation is 1. The molecule has 0 saturated carbocycles. The average Bonchev–Trinajstić information content (AvgIpc) is 3.33. The van der Waals surface area contributed by atoms with E-state index in [2.05, 4.69) is 106 Å². The second-order valence-electron chi connectivity index (χ2n) is 10.0. The maximum absolute atomic E-state index is 4.87. The van der Waals surface area contributed by atoms with Crippen molar-refractivity contribution in [2.75, 3.05) is 64.1 Å². The van der Waals surface area contributed by atoms with E-state index in [9.17, 15) is 0 Å². The Labute approximate surface area is 219 Å². The van der Waals surface area contributed by atoms with Crippen LogP contribution in [0.15, 0.2) is 67.0 Å². The summed E-state index contributed by atoms with van der Waals surface area (Å²) in [4.78, 5) is 16.3. The fourth-order valence-corrected chi connectivity index (χ4v) is 4.57. The van der Waals surface area contributed by atoms with Gasteiger partial charge in [0.15, 0.2) is 0 Å². The number of piperazine rings is 1. The molecule has 37 heavy (non-hydrogen) atoms. The van der Waals surface area contributed by atoms with Crippen LogP contribution < -0.4 is 10.2 Å². The SMILES string of the molecule is Cc1ccc(-c2c(-c3ccnc(Nc4ccc(N5CCN(C)CC5)cc4)n3)cnn2CCN(C)C)cc1. The molecule has 1 fully saturated rings. The lowest BCUT2D eigenvalue weighted by atomic mass is 10.0. The maximum atomic E-state index is 4.87. The monoisotopic (exact) mass is 496 g/mol.